The molecular formula is C15H16BrNO. The predicted molar refractivity (Wildman–Crippen MR) is 77.9 cm³/mol. The summed E-state index contributed by atoms with van der Waals surface area (Å²) in [6.45, 7) is 2.06. The molecular weight excluding hydrogens is 290 g/mol. The van der Waals surface area contributed by atoms with Crippen molar-refractivity contribution in [1.29, 1.82) is 0 Å². The van der Waals surface area contributed by atoms with Crippen molar-refractivity contribution < 1.29 is 4.74 Å². The van der Waals surface area contributed by atoms with E-state index in [0.29, 0.717) is 0 Å². The highest BCUT2D eigenvalue weighted by Crippen LogP contribution is 2.30. The number of ether oxygens (including phenoxy) is 1. The smallest absolute Gasteiger partial charge is 0.119 e. The largest absolute Gasteiger partial charge is 0.497 e. The maximum Gasteiger partial charge on any atom is 0.119 e. The number of benzene rings is 2. The Morgan fingerprint density at radius 1 is 1.17 bits per heavy atom. The minimum absolute atomic E-state index is 0.158. The minimum Gasteiger partial charge on any atom is -0.497 e. The van der Waals surface area contributed by atoms with E-state index < -0.39 is 0 Å². The van der Waals surface area contributed by atoms with Crippen LogP contribution in [0, 0.1) is 6.92 Å². The first kappa shape index (κ1) is 13.1. The number of aryl methyl sites for hydroxylation is 1. The summed E-state index contributed by atoms with van der Waals surface area (Å²) < 4.78 is 6.30. The Kier molecular flexibility index (Phi) is 4.04. The molecule has 1 atom stereocenters. The second-order valence-electron chi connectivity index (χ2n) is 4.23. The van der Waals surface area contributed by atoms with E-state index in [0.717, 1.165) is 21.3 Å². The Balaban J connectivity index is 2.41. The van der Waals surface area contributed by atoms with Crippen LogP contribution < -0.4 is 10.5 Å². The van der Waals surface area contributed by atoms with Gasteiger partial charge in [0.2, 0.25) is 0 Å². The van der Waals surface area contributed by atoms with Crippen molar-refractivity contribution in [3.63, 3.8) is 0 Å². The molecule has 1 unspecified atom stereocenters. The molecule has 2 aromatic carbocycles. The maximum absolute atomic E-state index is 6.32. The van der Waals surface area contributed by atoms with Gasteiger partial charge in [0.05, 0.1) is 13.2 Å². The fourth-order valence-electron chi connectivity index (χ4n) is 1.92. The minimum atomic E-state index is -0.158. The molecule has 0 aliphatic carbocycles. The highest BCUT2D eigenvalue weighted by Gasteiger charge is 2.13. The molecule has 0 heterocycles. The molecule has 0 bridgehead atoms. The van der Waals surface area contributed by atoms with Crippen molar-refractivity contribution >= 4 is 15.9 Å². The summed E-state index contributed by atoms with van der Waals surface area (Å²) in [7, 11) is 1.66. The van der Waals surface area contributed by atoms with Crippen LogP contribution in [-0.2, 0) is 0 Å². The first-order valence-electron chi connectivity index (χ1n) is 5.78. The van der Waals surface area contributed by atoms with E-state index in [4.69, 9.17) is 10.5 Å². The van der Waals surface area contributed by atoms with Gasteiger partial charge in [-0.25, -0.2) is 0 Å². The van der Waals surface area contributed by atoms with Crippen LogP contribution in [-0.4, -0.2) is 7.11 Å². The van der Waals surface area contributed by atoms with Crippen molar-refractivity contribution in [3.8, 4) is 5.75 Å². The van der Waals surface area contributed by atoms with Gasteiger partial charge in [-0.2, -0.15) is 0 Å². The zero-order chi connectivity index (χ0) is 13.1. The lowest BCUT2D eigenvalue weighted by Gasteiger charge is -2.16. The Labute approximate surface area is 116 Å². The number of methoxy groups -OCH3 is 1. The summed E-state index contributed by atoms with van der Waals surface area (Å²) in [5, 5.41) is 0. The summed E-state index contributed by atoms with van der Waals surface area (Å²) >= 11 is 3.60. The highest BCUT2D eigenvalue weighted by molar-refractivity contribution is 9.10. The molecule has 0 amide bonds. The van der Waals surface area contributed by atoms with Crippen molar-refractivity contribution in [3.05, 3.63) is 63.6 Å². The lowest BCUT2D eigenvalue weighted by atomic mass is 9.98. The maximum atomic E-state index is 6.32. The molecule has 2 nitrogen and oxygen atoms in total. The molecule has 0 fully saturated rings. The molecule has 0 radical (unpaired) electrons. The van der Waals surface area contributed by atoms with Crippen LogP contribution in [0.15, 0.2) is 46.9 Å². The fraction of sp³-hybridized carbons (Fsp3) is 0.200. The Morgan fingerprint density at radius 2 is 1.89 bits per heavy atom. The van der Waals surface area contributed by atoms with Gasteiger partial charge in [-0.05, 0) is 35.7 Å². The van der Waals surface area contributed by atoms with E-state index in [1.54, 1.807) is 7.11 Å². The average Bonchev–Trinajstić information content (AvgIpc) is 2.41. The molecule has 0 saturated carbocycles. The fourth-order valence-corrected chi connectivity index (χ4v) is 2.44. The lowest BCUT2D eigenvalue weighted by Crippen LogP contribution is -2.12. The van der Waals surface area contributed by atoms with E-state index >= 15 is 0 Å². The van der Waals surface area contributed by atoms with E-state index in [2.05, 4.69) is 28.9 Å². The zero-order valence-corrected chi connectivity index (χ0v) is 12.1. The van der Waals surface area contributed by atoms with Gasteiger partial charge < -0.3 is 10.5 Å². The van der Waals surface area contributed by atoms with Crippen LogP contribution in [0.4, 0.5) is 0 Å². The first-order chi connectivity index (χ1) is 8.63. The van der Waals surface area contributed by atoms with Crippen LogP contribution in [0.1, 0.15) is 22.7 Å². The van der Waals surface area contributed by atoms with Crippen LogP contribution >= 0.6 is 15.9 Å². The zero-order valence-electron chi connectivity index (χ0n) is 10.5. The van der Waals surface area contributed by atoms with Crippen LogP contribution in [0.2, 0.25) is 0 Å². The molecule has 0 aliphatic rings. The monoisotopic (exact) mass is 305 g/mol. The number of hydrogen-bond donors (Lipinski definition) is 1. The predicted octanol–water partition coefficient (Wildman–Crippen LogP) is 3.81. The van der Waals surface area contributed by atoms with Gasteiger partial charge in [-0.3, -0.25) is 0 Å². The molecule has 2 rings (SSSR count). The highest BCUT2D eigenvalue weighted by atomic mass is 79.9. The van der Waals surface area contributed by atoms with Gasteiger partial charge in [0, 0.05) is 4.47 Å². The van der Waals surface area contributed by atoms with Gasteiger partial charge in [0.1, 0.15) is 5.75 Å². The van der Waals surface area contributed by atoms with Crippen molar-refractivity contribution in [1.82, 2.24) is 0 Å². The summed E-state index contributed by atoms with van der Waals surface area (Å²) in [4.78, 5) is 0. The quantitative estimate of drug-likeness (QED) is 0.936. The molecule has 0 aliphatic heterocycles. The molecule has 0 spiro atoms. The summed E-state index contributed by atoms with van der Waals surface area (Å²) in [6, 6.07) is 13.8. The molecule has 3 heteroatoms. The summed E-state index contributed by atoms with van der Waals surface area (Å²) in [5.41, 5.74) is 9.64. The summed E-state index contributed by atoms with van der Waals surface area (Å²) in [5.74, 6) is 0.826. The van der Waals surface area contributed by atoms with Gasteiger partial charge in [-0.1, -0.05) is 46.3 Å². The molecule has 18 heavy (non-hydrogen) atoms. The number of rotatable bonds is 3. The molecule has 2 aromatic rings. The second kappa shape index (κ2) is 5.55. The van der Waals surface area contributed by atoms with Gasteiger partial charge in [0.25, 0.3) is 0 Å². The van der Waals surface area contributed by atoms with Crippen molar-refractivity contribution in [2.24, 2.45) is 5.73 Å². The van der Waals surface area contributed by atoms with Gasteiger partial charge in [-0.15, -0.1) is 0 Å². The second-order valence-corrected chi connectivity index (χ2v) is 5.03. The van der Waals surface area contributed by atoms with Crippen LogP contribution in [0.25, 0.3) is 0 Å². The van der Waals surface area contributed by atoms with Gasteiger partial charge in [0.15, 0.2) is 0 Å². The van der Waals surface area contributed by atoms with Crippen LogP contribution in [0.5, 0.6) is 5.75 Å². The molecule has 94 valence electrons. The van der Waals surface area contributed by atoms with Gasteiger partial charge >= 0.3 is 0 Å². The molecule has 0 saturated heterocycles. The van der Waals surface area contributed by atoms with E-state index in [9.17, 15) is 0 Å². The number of nitrogens with two attached hydrogens (primary N) is 1. The SMILES string of the molecule is COc1cccc(C(N)c2cccc(C)c2Br)c1. The Bertz CT molecular complexity index is 554. The molecule has 0 aromatic heterocycles. The van der Waals surface area contributed by atoms with Crippen molar-refractivity contribution in [2.75, 3.05) is 7.11 Å². The number of hydrogen-bond acceptors (Lipinski definition) is 2. The topological polar surface area (TPSA) is 35.2 Å². The standard InChI is InChI=1S/C15H16BrNO/c1-10-5-3-8-13(14(10)16)15(17)11-6-4-7-12(9-11)18-2/h3-9,15H,17H2,1-2H3. The third-order valence-corrected chi connectivity index (χ3v) is 4.09. The third kappa shape index (κ3) is 2.57. The van der Waals surface area contributed by atoms with E-state index in [1.807, 2.05) is 36.4 Å². The van der Waals surface area contributed by atoms with Crippen LogP contribution in [0.3, 0.4) is 0 Å². The Morgan fingerprint density at radius 3 is 2.61 bits per heavy atom. The lowest BCUT2D eigenvalue weighted by molar-refractivity contribution is 0.414. The number of halogens is 1. The normalized spacial score (nSPS) is 12.2. The average molecular weight is 306 g/mol. The third-order valence-electron chi connectivity index (χ3n) is 3.01. The summed E-state index contributed by atoms with van der Waals surface area (Å²) in [6.07, 6.45) is 0. The van der Waals surface area contributed by atoms with E-state index in [-0.39, 0.29) is 6.04 Å². The molecule has 2 N–H and O–H groups in total. The Hall–Kier alpha value is -1.32. The van der Waals surface area contributed by atoms with E-state index in [1.165, 1.54) is 5.56 Å². The van der Waals surface area contributed by atoms with Crippen molar-refractivity contribution in [2.45, 2.75) is 13.0 Å². The first-order valence-corrected chi connectivity index (χ1v) is 6.57.